The number of amides is 1. The number of phenols is 1. The topological polar surface area (TPSA) is 49.3 Å². The molecule has 1 aliphatic rings. The summed E-state index contributed by atoms with van der Waals surface area (Å²) in [6.45, 7) is 0.410. The molecule has 0 bridgehead atoms. The first-order valence-electron chi connectivity index (χ1n) is 6.37. The van der Waals surface area contributed by atoms with Crippen molar-refractivity contribution in [3.63, 3.8) is 0 Å². The number of nitrogens with one attached hydrogen (secondary N) is 1. The summed E-state index contributed by atoms with van der Waals surface area (Å²) in [5.74, 6) is 3.23. The van der Waals surface area contributed by atoms with Crippen molar-refractivity contribution in [3.8, 4) is 5.75 Å². The molecule has 18 heavy (non-hydrogen) atoms. The van der Waals surface area contributed by atoms with E-state index in [1.165, 1.54) is 11.5 Å². The molecule has 98 valence electrons. The second-order valence-electron chi connectivity index (χ2n) is 4.67. The molecule has 1 saturated heterocycles. The summed E-state index contributed by atoms with van der Waals surface area (Å²) in [5.41, 5.74) is 0.769. The van der Waals surface area contributed by atoms with Gasteiger partial charge >= 0.3 is 0 Å². The van der Waals surface area contributed by atoms with Crippen molar-refractivity contribution in [2.75, 3.05) is 11.5 Å². The Bertz CT molecular complexity index is 403. The minimum atomic E-state index is 0.0927. The minimum absolute atomic E-state index is 0.0927. The number of phenolic OH excluding ortho intramolecular Hbond substituents is 1. The molecule has 0 aromatic heterocycles. The third kappa shape index (κ3) is 3.95. The van der Waals surface area contributed by atoms with E-state index in [4.69, 9.17) is 0 Å². The Kier molecular flexibility index (Phi) is 4.93. The summed E-state index contributed by atoms with van der Waals surface area (Å²) < 4.78 is 0. The average molecular weight is 265 g/mol. The first-order chi connectivity index (χ1) is 8.75. The smallest absolute Gasteiger partial charge is 0.220 e. The van der Waals surface area contributed by atoms with Gasteiger partial charge in [-0.2, -0.15) is 11.8 Å². The van der Waals surface area contributed by atoms with Crippen LogP contribution in [0, 0.1) is 5.92 Å². The van der Waals surface area contributed by atoms with Gasteiger partial charge < -0.3 is 10.4 Å². The summed E-state index contributed by atoms with van der Waals surface area (Å²) in [4.78, 5) is 11.8. The molecule has 0 spiro atoms. The molecular weight excluding hydrogens is 246 g/mol. The maximum absolute atomic E-state index is 11.8. The highest BCUT2D eigenvalue weighted by molar-refractivity contribution is 7.99. The second kappa shape index (κ2) is 6.69. The zero-order chi connectivity index (χ0) is 12.8. The number of para-hydroxylation sites is 1. The van der Waals surface area contributed by atoms with Gasteiger partial charge in [-0.1, -0.05) is 18.2 Å². The highest BCUT2D eigenvalue weighted by Gasteiger charge is 2.17. The number of aromatic hydroxyl groups is 1. The Morgan fingerprint density at radius 1 is 1.33 bits per heavy atom. The molecule has 0 saturated carbocycles. The Morgan fingerprint density at radius 3 is 2.78 bits per heavy atom. The lowest BCUT2D eigenvalue weighted by Crippen LogP contribution is -2.26. The van der Waals surface area contributed by atoms with E-state index in [9.17, 15) is 9.90 Å². The van der Waals surface area contributed by atoms with E-state index in [0.29, 0.717) is 18.9 Å². The normalized spacial score (nSPS) is 16.4. The molecular formula is C14H19NO2S. The molecule has 0 atom stereocenters. The number of carbonyl (C=O) groups excluding carboxylic acids is 1. The molecule has 0 radical (unpaired) electrons. The van der Waals surface area contributed by atoms with Crippen LogP contribution >= 0.6 is 11.8 Å². The predicted octanol–water partition coefficient (Wildman–Crippen LogP) is 2.54. The Morgan fingerprint density at radius 2 is 2.06 bits per heavy atom. The van der Waals surface area contributed by atoms with Gasteiger partial charge in [0.1, 0.15) is 5.75 Å². The fourth-order valence-corrected chi connectivity index (χ4v) is 3.34. The lowest BCUT2D eigenvalue weighted by Gasteiger charge is -2.20. The fourth-order valence-electron chi connectivity index (χ4n) is 2.14. The highest BCUT2D eigenvalue weighted by atomic mass is 32.2. The maximum Gasteiger partial charge on any atom is 0.220 e. The van der Waals surface area contributed by atoms with Crippen molar-refractivity contribution in [1.82, 2.24) is 5.32 Å². The average Bonchev–Trinajstić information content (AvgIpc) is 2.39. The van der Waals surface area contributed by atoms with Crippen LogP contribution in [0.1, 0.15) is 24.8 Å². The van der Waals surface area contributed by atoms with Crippen molar-refractivity contribution in [2.24, 2.45) is 5.92 Å². The van der Waals surface area contributed by atoms with Gasteiger partial charge in [0.2, 0.25) is 5.91 Å². The summed E-state index contributed by atoms with van der Waals surface area (Å²) >= 11 is 1.97. The lowest BCUT2D eigenvalue weighted by atomic mass is 9.98. The monoisotopic (exact) mass is 265 g/mol. The minimum Gasteiger partial charge on any atom is -0.508 e. The van der Waals surface area contributed by atoms with Crippen molar-refractivity contribution in [1.29, 1.82) is 0 Å². The van der Waals surface area contributed by atoms with E-state index in [1.807, 2.05) is 23.9 Å². The Balaban J connectivity index is 1.76. The highest BCUT2D eigenvalue weighted by Crippen LogP contribution is 2.25. The molecule has 1 aliphatic heterocycles. The van der Waals surface area contributed by atoms with E-state index in [2.05, 4.69) is 5.32 Å². The molecule has 1 amide bonds. The Labute approximate surface area is 112 Å². The van der Waals surface area contributed by atoms with E-state index in [-0.39, 0.29) is 11.7 Å². The Hall–Kier alpha value is -1.16. The molecule has 1 aromatic carbocycles. The van der Waals surface area contributed by atoms with E-state index < -0.39 is 0 Å². The number of hydrogen-bond donors (Lipinski definition) is 2. The van der Waals surface area contributed by atoms with Crippen LogP contribution in [0.3, 0.4) is 0 Å². The van der Waals surface area contributed by atoms with E-state index in [1.54, 1.807) is 12.1 Å². The third-order valence-corrected chi connectivity index (χ3v) is 4.33. The standard InChI is InChI=1S/C14H19NO2S/c16-13-4-2-1-3-12(13)10-15-14(17)9-11-5-7-18-8-6-11/h1-4,11,16H,5-10H2,(H,15,17). The largest absolute Gasteiger partial charge is 0.508 e. The summed E-state index contributed by atoms with van der Waals surface area (Å²) in [6, 6.07) is 7.10. The van der Waals surface area contributed by atoms with Crippen LogP contribution in [0.15, 0.2) is 24.3 Å². The molecule has 3 nitrogen and oxygen atoms in total. The number of carbonyl (C=O) groups is 1. The van der Waals surface area contributed by atoms with Gasteiger partial charge in [-0.25, -0.2) is 0 Å². The number of benzene rings is 1. The van der Waals surface area contributed by atoms with Crippen molar-refractivity contribution < 1.29 is 9.90 Å². The molecule has 0 unspecified atom stereocenters. The van der Waals surface area contributed by atoms with Crippen LogP contribution in [-0.2, 0) is 11.3 Å². The third-order valence-electron chi connectivity index (χ3n) is 3.28. The fraction of sp³-hybridized carbons (Fsp3) is 0.500. The van der Waals surface area contributed by atoms with Crippen molar-refractivity contribution in [2.45, 2.75) is 25.8 Å². The van der Waals surface area contributed by atoms with Gasteiger partial charge in [0.15, 0.2) is 0 Å². The molecule has 2 N–H and O–H groups in total. The quantitative estimate of drug-likeness (QED) is 0.879. The molecule has 1 aromatic rings. The van der Waals surface area contributed by atoms with Gasteiger partial charge in [-0.3, -0.25) is 4.79 Å². The van der Waals surface area contributed by atoms with Gasteiger partial charge in [-0.15, -0.1) is 0 Å². The molecule has 4 heteroatoms. The summed E-state index contributed by atoms with van der Waals surface area (Å²) in [7, 11) is 0. The summed E-state index contributed by atoms with van der Waals surface area (Å²) in [6.07, 6.45) is 2.91. The predicted molar refractivity (Wildman–Crippen MR) is 74.6 cm³/mol. The summed E-state index contributed by atoms with van der Waals surface area (Å²) in [5, 5.41) is 12.5. The van der Waals surface area contributed by atoms with E-state index in [0.717, 1.165) is 18.4 Å². The van der Waals surface area contributed by atoms with E-state index >= 15 is 0 Å². The number of thioether (sulfide) groups is 1. The second-order valence-corrected chi connectivity index (χ2v) is 5.89. The SMILES string of the molecule is O=C(CC1CCSCC1)NCc1ccccc1O. The molecule has 1 fully saturated rings. The lowest BCUT2D eigenvalue weighted by molar-refractivity contribution is -0.122. The zero-order valence-corrected chi connectivity index (χ0v) is 11.2. The van der Waals surface area contributed by atoms with Gasteiger partial charge in [-0.05, 0) is 36.3 Å². The van der Waals surface area contributed by atoms with Gasteiger partial charge in [0, 0.05) is 18.5 Å². The van der Waals surface area contributed by atoms with Crippen molar-refractivity contribution >= 4 is 17.7 Å². The van der Waals surface area contributed by atoms with Crippen LogP contribution in [0.2, 0.25) is 0 Å². The number of rotatable bonds is 4. The first kappa shape index (κ1) is 13.3. The number of hydrogen-bond acceptors (Lipinski definition) is 3. The van der Waals surface area contributed by atoms with Crippen molar-refractivity contribution in [3.05, 3.63) is 29.8 Å². The van der Waals surface area contributed by atoms with Crippen LogP contribution in [0.25, 0.3) is 0 Å². The zero-order valence-electron chi connectivity index (χ0n) is 10.4. The van der Waals surface area contributed by atoms with Gasteiger partial charge in [0.05, 0.1) is 0 Å². The van der Waals surface area contributed by atoms with Crippen LogP contribution < -0.4 is 5.32 Å². The maximum atomic E-state index is 11.8. The van der Waals surface area contributed by atoms with Gasteiger partial charge in [0.25, 0.3) is 0 Å². The van der Waals surface area contributed by atoms with Crippen LogP contribution in [0.4, 0.5) is 0 Å². The molecule has 1 heterocycles. The van der Waals surface area contributed by atoms with Crippen LogP contribution in [-0.4, -0.2) is 22.5 Å². The molecule has 2 rings (SSSR count). The molecule has 0 aliphatic carbocycles. The van der Waals surface area contributed by atoms with Crippen LogP contribution in [0.5, 0.6) is 5.75 Å². The first-order valence-corrected chi connectivity index (χ1v) is 7.52.